The molecule has 2 heterocycles. The fourth-order valence-electron chi connectivity index (χ4n) is 4.93. The van der Waals surface area contributed by atoms with E-state index >= 15 is 0 Å². The van der Waals surface area contributed by atoms with Gasteiger partial charge in [0.15, 0.2) is 0 Å². The Morgan fingerprint density at radius 1 is 1.00 bits per heavy atom. The Kier molecular flexibility index (Phi) is 9.17. The Morgan fingerprint density at radius 2 is 1.66 bits per heavy atom. The molecule has 13 heteroatoms. The molecule has 4 rings (SSSR count). The van der Waals surface area contributed by atoms with Crippen molar-refractivity contribution < 1.29 is 35.9 Å². The van der Waals surface area contributed by atoms with Gasteiger partial charge in [0.05, 0.1) is 23.5 Å². The van der Waals surface area contributed by atoms with Gasteiger partial charge >= 0.3 is 0 Å². The lowest BCUT2D eigenvalue weighted by molar-refractivity contribution is -0.0220. The predicted octanol–water partition coefficient (Wildman–Crippen LogP) is 5.36. The molecule has 0 aliphatic carbocycles. The number of aryl methyl sites for hydroxylation is 1. The van der Waals surface area contributed by atoms with Crippen LogP contribution in [0.3, 0.4) is 0 Å². The van der Waals surface area contributed by atoms with E-state index in [1.807, 2.05) is 17.9 Å². The number of hydrogen-bond acceptors (Lipinski definition) is 6. The summed E-state index contributed by atoms with van der Waals surface area (Å²) in [6.07, 6.45) is -2.03. The van der Waals surface area contributed by atoms with Gasteiger partial charge in [-0.15, -0.1) is 0 Å². The second kappa shape index (κ2) is 12.3. The minimum absolute atomic E-state index is 0.0450. The Bertz CT molecular complexity index is 1410. The van der Waals surface area contributed by atoms with Crippen LogP contribution in [0.15, 0.2) is 48.1 Å². The van der Waals surface area contributed by atoms with Gasteiger partial charge in [-0.25, -0.2) is 17.2 Å². The molecular formula is C28H34F4N4O4S. The molecule has 2 aliphatic heterocycles. The number of amides is 1. The van der Waals surface area contributed by atoms with E-state index in [1.54, 1.807) is 17.0 Å². The molecule has 1 atom stereocenters. The van der Waals surface area contributed by atoms with Gasteiger partial charge in [0.1, 0.15) is 5.25 Å². The molecule has 0 unspecified atom stereocenters. The maximum atomic E-state index is 13.7. The molecule has 1 amide bonds. The number of anilines is 4. The largest absolute Gasteiger partial charge is 0.395 e. The Labute approximate surface area is 237 Å². The standard InChI is InChI=1S/C28H34F4N4O4S/c1-18-13-22(15-23(14-18)35-11-7-28(31,32)8-12-35)33-27(38)24-4-3-21(34-41(39,40)19(2)17-37)16-25(24)36-9-5-20(6-10-36)26(29)30/h3-4,13-16,19,34,37H,5-12,17H2,1-2H3,(H,33,38)/t19-/m0/s1. The summed E-state index contributed by atoms with van der Waals surface area (Å²) in [6, 6.07) is 9.69. The second-order valence-corrected chi connectivity index (χ2v) is 12.7. The van der Waals surface area contributed by atoms with Gasteiger partial charge in [0.25, 0.3) is 17.9 Å². The van der Waals surface area contributed by atoms with E-state index in [2.05, 4.69) is 10.0 Å². The van der Waals surface area contributed by atoms with E-state index in [0.717, 1.165) is 5.56 Å². The average Bonchev–Trinajstić information content (AvgIpc) is 2.92. The van der Waals surface area contributed by atoms with Crippen LogP contribution in [0, 0.1) is 6.92 Å². The van der Waals surface area contributed by atoms with Gasteiger partial charge < -0.3 is 20.2 Å². The number of nitrogens with one attached hydrogen (secondary N) is 2. The zero-order valence-electron chi connectivity index (χ0n) is 22.9. The molecule has 3 N–H and O–H groups in total. The van der Waals surface area contributed by atoms with Crippen molar-refractivity contribution in [2.24, 2.45) is 0 Å². The van der Waals surface area contributed by atoms with Crippen molar-refractivity contribution in [3.63, 3.8) is 0 Å². The van der Waals surface area contributed by atoms with Gasteiger partial charge in [0.2, 0.25) is 10.0 Å². The fourth-order valence-corrected chi connectivity index (χ4v) is 5.78. The van der Waals surface area contributed by atoms with Crippen LogP contribution in [-0.2, 0) is 10.0 Å². The van der Waals surface area contributed by atoms with Crippen molar-refractivity contribution in [2.75, 3.05) is 52.6 Å². The van der Waals surface area contributed by atoms with E-state index in [0.29, 0.717) is 17.1 Å². The number of alkyl halides is 2. The van der Waals surface area contributed by atoms with Crippen LogP contribution >= 0.6 is 0 Å². The molecular weight excluding hydrogens is 564 g/mol. The highest BCUT2D eigenvalue weighted by Crippen LogP contribution is 2.34. The lowest BCUT2D eigenvalue weighted by Gasteiger charge is -2.34. The summed E-state index contributed by atoms with van der Waals surface area (Å²) in [5, 5.41) is 11.1. The molecule has 2 fully saturated rings. The van der Waals surface area contributed by atoms with E-state index in [-0.39, 0.29) is 68.7 Å². The van der Waals surface area contributed by atoms with Crippen LogP contribution in [0.25, 0.3) is 0 Å². The Hall–Kier alpha value is -3.32. The first-order valence-electron chi connectivity index (χ1n) is 13.4. The highest BCUT2D eigenvalue weighted by atomic mass is 32.2. The molecule has 0 radical (unpaired) electrons. The summed E-state index contributed by atoms with van der Waals surface area (Å²) in [5.74, 6) is -3.19. The van der Waals surface area contributed by atoms with Gasteiger partial charge in [-0.05, 0) is 74.2 Å². The van der Waals surface area contributed by atoms with Gasteiger partial charge in [0, 0.05) is 50.4 Å². The lowest BCUT2D eigenvalue weighted by atomic mass is 10.0. The number of benzene rings is 2. The molecule has 2 aromatic rings. The first-order valence-corrected chi connectivity index (χ1v) is 14.9. The van der Waals surface area contributed by atoms with Crippen molar-refractivity contribution in [3.8, 4) is 0 Å². The van der Waals surface area contributed by atoms with Gasteiger partial charge in [-0.2, -0.15) is 8.78 Å². The van der Waals surface area contributed by atoms with Crippen LogP contribution in [0.2, 0.25) is 0 Å². The number of aliphatic hydroxyl groups is 1. The first-order chi connectivity index (χ1) is 19.3. The SMILES string of the molecule is Cc1cc(NC(=O)c2ccc(NS(=O)(=O)[C@@H](C)CO)cc2N2CCC(=C(F)F)CC2)cc(N2CCC(F)(F)CC2)c1. The van der Waals surface area contributed by atoms with E-state index in [9.17, 15) is 35.9 Å². The molecule has 2 aromatic carbocycles. The molecule has 224 valence electrons. The van der Waals surface area contributed by atoms with Crippen LogP contribution in [-0.4, -0.2) is 63.4 Å². The molecule has 8 nitrogen and oxygen atoms in total. The molecule has 41 heavy (non-hydrogen) atoms. The van der Waals surface area contributed by atoms with Crippen molar-refractivity contribution in [2.45, 2.75) is 50.7 Å². The number of nitrogens with zero attached hydrogens (tertiary/aromatic N) is 2. The van der Waals surface area contributed by atoms with E-state index in [4.69, 9.17) is 0 Å². The Morgan fingerprint density at radius 3 is 2.27 bits per heavy atom. The second-order valence-electron chi connectivity index (χ2n) is 10.6. The maximum Gasteiger partial charge on any atom is 0.269 e. The zero-order chi connectivity index (χ0) is 29.9. The summed E-state index contributed by atoms with van der Waals surface area (Å²) in [4.78, 5) is 17.1. The minimum atomic E-state index is -3.92. The maximum absolute atomic E-state index is 13.7. The smallest absolute Gasteiger partial charge is 0.269 e. The first kappa shape index (κ1) is 30.6. The fraction of sp³-hybridized carbons (Fsp3) is 0.464. The molecule has 0 saturated carbocycles. The predicted molar refractivity (Wildman–Crippen MR) is 152 cm³/mol. The van der Waals surface area contributed by atoms with Crippen LogP contribution < -0.4 is 19.8 Å². The number of rotatable bonds is 8. The lowest BCUT2D eigenvalue weighted by Crippen LogP contribution is -2.39. The molecule has 2 aliphatic rings. The number of piperidine rings is 2. The normalized spacial score (nSPS) is 18.2. The highest BCUT2D eigenvalue weighted by molar-refractivity contribution is 7.93. The van der Waals surface area contributed by atoms with E-state index in [1.165, 1.54) is 25.1 Å². The quantitative estimate of drug-likeness (QED) is 0.354. The monoisotopic (exact) mass is 598 g/mol. The summed E-state index contributed by atoms with van der Waals surface area (Å²) in [7, 11) is -3.92. The minimum Gasteiger partial charge on any atom is -0.395 e. The molecule has 0 bridgehead atoms. The van der Waals surface area contributed by atoms with Crippen molar-refractivity contribution in [1.82, 2.24) is 0 Å². The van der Waals surface area contributed by atoms with Crippen molar-refractivity contribution >= 4 is 38.7 Å². The van der Waals surface area contributed by atoms with Gasteiger partial charge in [-0.1, -0.05) is 0 Å². The molecule has 0 spiro atoms. The van der Waals surface area contributed by atoms with Crippen LogP contribution in [0.4, 0.5) is 40.3 Å². The average molecular weight is 599 g/mol. The van der Waals surface area contributed by atoms with Crippen molar-refractivity contribution in [1.29, 1.82) is 0 Å². The number of halogens is 4. The number of carbonyl (C=O) groups is 1. The number of carbonyl (C=O) groups excluding carboxylic acids is 1. The summed E-state index contributed by atoms with van der Waals surface area (Å²) >= 11 is 0. The molecule has 2 saturated heterocycles. The van der Waals surface area contributed by atoms with Crippen molar-refractivity contribution in [3.05, 3.63) is 59.2 Å². The third-order valence-corrected chi connectivity index (χ3v) is 9.17. The summed E-state index contributed by atoms with van der Waals surface area (Å²) in [6.45, 7) is 3.36. The third-order valence-electron chi connectivity index (χ3n) is 7.44. The highest BCUT2D eigenvalue weighted by Gasteiger charge is 2.34. The summed E-state index contributed by atoms with van der Waals surface area (Å²) < 4.78 is 81.1. The number of sulfonamides is 1. The number of aliphatic hydroxyl groups excluding tert-OH is 1. The topological polar surface area (TPSA) is 102 Å². The number of hydrogen-bond donors (Lipinski definition) is 3. The van der Waals surface area contributed by atoms with E-state index < -0.39 is 39.8 Å². The molecule has 0 aromatic heterocycles. The van der Waals surface area contributed by atoms with Gasteiger partial charge in [-0.3, -0.25) is 9.52 Å². The third kappa shape index (κ3) is 7.50. The summed E-state index contributed by atoms with van der Waals surface area (Å²) in [5.41, 5.74) is 2.77. The Balaban J connectivity index is 1.62. The van der Waals surface area contributed by atoms with Crippen LogP contribution in [0.1, 0.15) is 48.5 Å². The van der Waals surface area contributed by atoms with Crippen LogP contribution in [0.5, 0.6) is 0 Å². The zero-order valence-corrected chi connectivity index (χ0v) is 23.7.